The monoisotopic (exact) mass is 343 g/mol. The van der Waals surface area contributed by atoms with Gasteiger partial charge in [-0.05, 0) is 44.7 Å². The number of carbonyl (C=O) groups excluding carboxylic acids is 2. The molecule has 1 N–H and O–H groups in total. The molecule has 1 saturated carbocycles. The first-order valence-corrected chi connectivity index (χ1v) is 9.46. The van der Waals surface area contributed by atoms with Gasteiger partial charge in [-0.25, -0.2) is 4.79 Å². The molecule has 2 fully saturated rings. The summed E-state index contributed by atoms with van der Waals surface area (Å²) < 4.78 is 0. The van der Waals surface area contributed by atoms with Gasteiger partial charge in [-0.3, -0.25) is 4.79 Å². The van der Waals surface area contributed by atoms with Crippen LogP contribution in [0.4, 0.5) is 4.79 Å². The normalized spacial score (nSPS) is 19.0. The highest BCUT2D eigenvalue weighted by Gasteiger charge is 2.25. The standard InChI is InChI=1S/C20H29N3O2/c1-15-8-9-18(16(2)14-15)19(24)22-10-5-11-23(13-12-22)20(25)21-17-6-3-4-7-17/h8-9,14,17H,3-7,10-13H2,1-2H3,(H,21,25). The minimum Gasteiger partial charge on any atom is -0.337 e. The number of nitrogens with one attached hydrogen (secondary N) is 1. The van der Waals surface area contributed by atoms with E-state index >= 15 is 0 Å². The molecule has 0 radical (unpaired) electrons. The molecule has 0 bridgehead atoms. The average Bonchev–Trinajstić information content (AvgIpc) is 2.95. The van der Waals surface area contributed by atoms with Crippen LogP contribution >= 0.6 is 0 Å². The van der Waals surface area contributed by atoms with Crippen molar-refractivity contribution in [3.05, 3.63) is 34.9 Å². The maximum absolute atomic E-state index is 12.8. The molecule has 1 aromatic carbocycles. The Morgan fingerprint density at radius 3 is 2.36 bits per heavy atom. The van der Waals surface area contributed by atoms with Crippen LogP contribution in [0.3, 0.4) is 0 Å². The van der Waals surface area contributed by atoms with Gasteiger partial charge in [-0.1, -0.05) is 30.5 Å². The zero-order valence-corrected chi connectivity index (χ0v) is 15.4. The number of urea groups is 1. The Morgan fingerprint density at radius 1 is 0.960 bits per heavy atom. The van der Waals surface area contributed by atoms with Gasteiger partial charge >= 0.3 is 6.03 Å². The van der Waals surface area contributed by atoms with Crippen LogP contribution in [0, 0.1) is 13.8 Å². The molecular weight excluding hydrogens is 314 g/mol. The van der Waals surface area contributed by atoms with Gasteiger partial charge in [0.25, 0.3) is 5.91 Å². The number of amides is 3. The summed E-state index contributed by atoms with van der Waals surface area (Å²) in [4.78, 5) is 29.1. The molecule has 1 saturated heterocycles. The van der Waals surface area contributed by atoms with Crippen LogP contribution in [0.15, 0.2) is 18.2 Å². The minimum atomic E-state index is 0.0349. The van der Waals surface area contributed by atoms with E-state index in [0.29, 0.717) is 25.7 Å². The Balaban J connectivity index is 1.59. The quantitative estimate of drug-likeness (QED) is 0.897. The number of hydrogen-bond acceptors (Lipinski definition) is 2. The van der Waals surface area contributed by atoms with Gasteiger partial charge in [0.05, 0.1) is 0 Å². The highest BCUT2D eigenvalue weighted by atomic mass is 16.2. The summed E-state index contributed by atoms with van der Waals surface area (Å²) in [6.07, 6.45) is 5.44. The van der Waals surface area contributed by atoms with E-state index in [9.17, 15) is 9.59 Å². The van der Waals surface area contributed by atoms with E-state index < -0.39 is 0 Å². The first kappa shape index (κ1) is 17.8. The molecule has 3 amide bonds. The predicted octanol–water partition coefficient (Wildman–Crippen LogP) is 3.10. The van der Waals surface area contributed by atoms with Gasteiger partial charge in [-0.15, -0.1) is 0 Å². The second kappa shape index (κ2) is 7.89. The fraction of sp³-hybridized carbons (Fsp3) is 0.600. The smallest absolute Gasteiger partial charge is 0.317 e. The van der Waals surface area contributed by atoms with Crippen molar-refractivity contribution in [2.24, 2.45) is 0 Å². The fourth-order valence-electron chi connectivity index (χ4n) is 3.88. The van der Waals surface area contributed by atoms with Crippen LogP contribution < -0.4 is 5.32 Å². The molecule has 0 aromatic heterocycles. The van der Waals surface area contributed by atoms with Gasteiger partial charge in [0.15, 0.2) is 0 Å². The first-order valence-electron chi connectivity index (χ1n) is 9.46. The van der Waals surface area contributed by atoms with E-state index in [1.807, 2.05) is 41.8 Å². The van der Waals surface area contributed by atoms with Crippen molar-refractivity contribution in [1.29, 1.82) is 0 Å². The van der Waals surface area contributed by atoms with Gasteiger partial charge in [0.1, 0.15) is 0 Å². The molecule has 3 rings (SSSR count). The molecule has 2 aliphatic rings. The summed E-state index contributed by atoms with van der Waals surface area (Å²) in [5.74, 6) is 0.0792. The molecule has 0 atom stereocenters. The number of aryl methyl sites for hydroxylation is 2. The minimum absolute atomic E-state index is 0.0349. The van der Waals surface area contributed by atoms with E-state index in [4.69, 9.17) is 0 Å². The number of rotatable bonds is 2. The number of nitrogens with zero attached hydrogens (tertiary/aromatic N) is 2. The largest absolute Gasteiger partial charge is 0.337 e. The molecule has 5 nitrogen and oxygen atoms in total. The summed E-state index contributed by atoms with van der Waals surface area (Å²) in [6, 6.07) is 6.32. The van der Waals surface area contributed by atoms with Crippen LogP contribution in [0.5, 0.6) is 0 Å². The Morgan fingerprint density at radius 2 is 1.64 bits per heavy atom. The molecule has 25 heavy (non-hydrogen) atoms. The summed E-state index contributed by atoms with van der Waals surface area (Å²) in [6.45, 7) is 6.65. The summed E-state index contributed by atoms with van der Waals surface area (Å²) >= 11 is 0. The van der Waals surface area contributed by atoms with E-state index in [-0.39, 0.29) is 11.9 Å². The highest BCUT2D eigenvalue weighted by molar-refractivity contribution is 5.95. The predicted molar refractivity (Wildman–Crippen MR) is 98.8 cm³/mol. The number of hydrogen-bond donors (Lipinski definition) is 1. The Kier molecular flexibility index (Phi) is 5.61. The van der Waals surface area contributed by atoms with Crippen molar-refractivity contribution >= 4 is 11.9 Å². The van der Waals surface area contributed by atoms with E-state index in [0.717, 1.165) is 36.9 Å². The summed E-state index contributed by atoms with van der Waals surface area (Å²) in [5, 5.41) is 3.15. The molecule has 0 spiro atoms. The summed E-state index contributed by atoms with van der Waals surface area (Å²) in [5.41, 5.74) is 2.96. The maximum atomic E-state index is 12.8. The van der Waals surface area contributed by atoms with Gasteiger partial charge in [0, 0.05) is 37.8 Å². The van der Waals surface area contributed by atoms with E-state index in [1.54, 1.807) is 0 Å². The summed E-state index contributed by atoms with van der Waals surface area (Å²) in [7, 11) is 0. The molecule has 1 aliphatic carbocycles. The lowest BCUT2D eigenvalue weighted by Gasteiger charge is -2.24. The van der Waals surface area contributed by atoms with Crippen LogP contribution in [-0.2, 0) is 0 Å². The van der Waals surface area contributed by atoms with Crippen LogP contribution in [0.1, 0.15) is 53.6 Å². The Bertz CT molecular complexity index is 638. The van der Waals surface area contributed by atoms with Crippen molar-refractivity contribution < 1.29 is 9.59 Å². The lowest BCUT2D eigenvalue weighted by molar-refractivity contribution is 0.0761. The highest BCUT2D eigenvalue weighted by Crippen LogP contribution is 2.18. The lowest BCUT2D eigenvalue weighted by Crippen LogP contribution is -2.45. The number of carbonyl (C=O) groups is 2. The molecule has 136 valence electrons. The topological polar surface area (TPSA) is 52.7 Å². The van der Waals surface area contributed by atoms with Crippen molar-refractivity contribution in [2.75, 3.05) is 26.2 Å². The Labute approximate surface area is 150 Å². The lowest BCUT2D eigenvalue weighted by atomic mass is 10.0. The second-order valence-corrected chi connectivity index (χ2v) is 7.38. The molecule has 1 aromatic rings. The van der Waals surface area contributed by atoms with Crippen molar-refractivity contribution in [2.45, 2.75) is 52.0 Å². The number of benzene rings is 1. The molecular formula is C20H29N3O2. The van der Waals surface area contributed by atoms with Crippen LogP contribution in [0.25, 0.3) is 0 Å². The third-order valence-electron chi connectivity index (χ3n) is 5.37. The third kappa shape index (κ3) is 4.33. The SMILES string of the molecule is Cc1ccc(C(=O)N2CCCN(C(=O)NC3CCCC3)CC2)c(C)c1. The van der Waals surface area contributed by atoms with Gasteiger partial charge in [-0.2, -0.15) is 0 Å². The van der Waals surface area contributed by atoms with Crippen LogP contribution in [0.2, 0.25) is 0 Å². The first-order chi connectivity index (χ1) is 12.0. The van der Waals surface area contributed by atoms with Crippen LogP contribution in [-0.4, -0.2) is 54.0 Å². The van der Waals surface area contributed by atoms with Crippen molar-refractivity contribution in [3.63, 3.8) is 0 Å². The van der Waals surface area contributed by atoms with Crippen molar-refractivity contribution in [1.82, 2.24) is 15.1 Å². The van der Waals surface area contributed by atoms with Crippen molar-refractivity contribution in [3.8, 4) is 0 Å². The zero-order valence-electron chi connectivity index (χ0n) is 15.4. The molecule has 0 unspecified atom stereocenters. The molecule has 1 heterocycles. The van der Waals surface area contributed by atoms with Gasteiger partial charge < -0.3 is 15.1 Å². The third-order valence-corrected chi connectivity index (χ3v) is 5.37. The zero-order chi connectivity index (χ0) is 17.8. The molecule has 1 aliphatic heterocycles. The van der Waals surface area contributed by atoms with E-state index in [2.05, 4.69) is 5.32 Å². The van der Waals surface area contributed by atoms with Gasteiger partial charge in [0.2, 0.25) is 0 Å². The maximum Gasteiger partial charge on any atom is 0.317 e. The molecule has 5 heteroatoms. The fourth-order valence-corrected chi connectivity index (χ4v) is 3.88. The Hall–Kier alpha value is -2.04. The average molecular weight is 343 g/mol. The van der Waals surface area contributed by atoms with E-state index in [1.165, 1.54) is 18.4 Å². The second-order valence-electron chi connectivity index (χ2n) is 7.38.